The molecule has 0 unspecified atom stereocenters. The second-order valence-electron chi connectivity index (χ2n) is 3.07. The lowest BCUT2D eigenvalue weighted by molar-refractivity contribution is 0.834. The Morgan fingerprint density at radius 3 is 2.71 bits per heavy atom. The summed E-state index contributed by atoms with van der Waals surface area (Å²) >= 11 is 0. The molecule has 2 heterocycles. The molecule has 0 aromatic carbocycles. The smallest absolute Gasteiger partial charge is 0.0977 e. The quantitative estimate of drug-likeness (QED) is 0.721. The SMILES string of the molecule is CCc1cn(N)nc1-c1ccncc1. The van der Waals surface area contributed by atoms with E-state index >= 15 is 0 Å². The number of hydrogen-bond acceptors (Lipinski definition) is 3. The van der Waals surface area contributed by atoms with Crippen LogP contribution in [-0.2, 0) is 6.42 Å². The molecule has 0 fully saturated rings. The molecule has 72 valence electrons. The van der Waals surface area contributed by atoms with Crippen molar-refractivity contribution in [2.75, 3.05) is 5.84 Å². The van der Waals surface area contributed by atoms with Crippen molar-refractivity contribution in [2.45, 2.75) is 13.3 Å². The summed E-state index contributed by atoms with van der Waals surface area (Å²) in [5.41, 5.74) is 3.15. The summed E-state index contributed by atoms with van der Waals surface area (Å²) < 4.78 is 0. The normalized spacial score (nSPS) is 10.4. The molecule has 0 aliphatic heterocycles. The van der Waals surface area contributed by atoms with Gasteiger partial charge in [-0.25, -0.2) is 0 Å². The molecule has 2 rings (SSSR count). The van der Waals surface area contributed by atoms with E-state index in [1.165, 1.54) is 4.79 Å². The summed E-state index contributed by atoms with van der Waals surface area (Å²) in [4.78, 5) is 5.32. The molecule has 0 amide bonds. The number of nitrogens with zero attached hydrogens (tertiary/aromatic N) is 3. The second-order valence-corrected chi connectivity index (χ2v) is 3.07. The summed E-state index contributed by atoms with van der Waals surface area (Å²) in [6.45, 7) is 2.09. The van der Waals surface area contributed by atoms with Gasteiger partial charge in [-0.15, -0.1) is 0 Å². The molecule has 0 atom stereocenters. The maximum absolute atomic E-state index is 5.58. The van der Waals surface area contributed by atoms with Crippen LogP contribution in [0.1, 0.15) is 12.5 Å². The summed E-state index contributed by atoms with van der Waals surface area (Å²) in [5, 5.41) is 4.22. The van der Waals surface area contributed by atoms with Gasteiger partial charge in [0, 0.05) is 23.5 Å². The standard InChI is InChI=1S/C10H12N4/c1-2-8-7-14(11)13-10(8)9-3-5-12-6-4-9/h3-7H,2,11H2,1H3. The van der Waals surface area contributed by atoms with Crippen LogP contribution < -0.4 is 5.84 Å². The van der Waals surface area contributed by atoms with E-state index in [0.29, 0.717) is 0 Å². The van der Waals surface area contributed by atoms with E-state index in [4.69, 9.17) is 5.84 Å². The maximum atomic E-state index is 5.58. The van der Waals surface area contributed by atoms with Gasteiger partial charge < -0.3 is 5.84 Å². The van der Waals surface area contributed by atoms with Gasteiger partial charge >= 0.3 is 0 Å². The summed E-state index contributed by atoms with van der Waals surface area (Å²) in [6, 6.07) is 3.86. The molecule has 4 heteroatoms. The zero-order chi connectivity index (χ0) is 9.97. The molecule has 14 heavy (non-hydrogen) atoms. The van der Waals surface area contributed by atoms with Crippen molar-refractivity contribution in [3.05, 3.63) is 36.3 Å². The van der Waals surface area contributed by atoms with E-state index < -0.39 is 0 Å². The summed E-state index contributed by atoms with van der Waals surface area (Å²) in [5.74, 6) is 5.58. The average Bonchev–Trinajstić information content (AvgIpc) is 2.61. The van der Waals surface area contributed by atoms with Gasteiger partial charge in [-0.3, -0.25) is 4.98 Å². The van der Waals surface area contributed by atoms with Crippen LogP contribution in [0.2, 0.25) is 0 Å². The predicted molar refractivity (Wildman–Crippen MR) is 55.0 cm³/mol. The lowest BCUT2D eigenvalue weighted by Gasteiger charge is -1.97. The lowest BCUT2D eigenvalue weighted by atomic mass is 10.1. The molecular formula is C10H12N4. The van der Waals surface area contributed by atoms with Gasteiger partial charge in [-0.05, 0) is 18.6 Å². The van der Waals surface area contributed by atoms with E-state index in [2.05, 4.69) is 17.0 Å². The van der Waals surface area contributed by atoms with Gasteiger partial charge in [0.25, 0.3) is 0 Å². The van der Waals surface area contributed by atoms with Gasteiger partial charge in [-0.1, -0.05) is 6.92 Å². The first kappa shape index (κ1) is 8.74. The van der Waals surface area contributed by atoms with Crippen LogP contribution >= 0.6 is 0 Å². The molecule has 0 saturated carbocycles. The van der Waals surface area contributed by atoms with E-state index in [0.717, 1.165) is 23.2 Å². The number of nitrogens with two attached hydrogens (primary N) is 1. The van der Waals surface area contributed by atoms with E-state index in [1.54, 1.807) is 12.4 Å². The first-order valence-corrected chi connectivity index (χ1v) is 4.55. The molecule has 4 nitrogen and oxygen atoms in total. The number of aromatic nitrogens is 3. The second kappa shape index (κ2) is 3.49. The first-order chi connectivity index (χ1) is 6.81. The zero-order valence-corrected chi connectivity index (χ0v) is 8.01. The number of pyridine rings is 1. The van der Waals surface area contributed by atoms with Crippen molar-refractivity contribution >= 4 is 0 Å². The molecule has 0 radical (unpaired) electrons. The van der Waals surface area contributed by atoms with Gasteiger partial charge in [0.15, 0.2) is 0 Å². The van der Waals surface area contributed by atoms with Crippen LogP contribution in [0, 0.1) is 0 Å². The Hall–Kier alpha value is -1.84. The van der Waals surface area contributed by atoms with Crippen molar-refractivity contribution in [2.24, 2.45) is 0 Å². The van der Waals surface area contributed by atoms with Crippen LogP contribution in [0.25, 0.3) is 11.3 Å². The minimum atomic E-state index is 0.925. The van der Waals surface area contributed by atoms with E-state index in [1.807, 2.05) is 18.3 Å². The van der Waals surface area contributed by atoms with Crippen molar-refractivity contribution in [3.63, 3.8) is 0 Å². The average molecular weight is 188 g/mol. The fourth-order valence-electron chi connectivity index (χ4n) is 1.44. The number of rotatable bonds is 2. The van der Waals surface area contributed by atoms with Gasteiger partial charge in [-0.2, -0.15) is 9.89 Å². The highest BCUT2D eigenvalue weighted by Crippen LogP contribution is 2.20. The van der Waals surface area contributed by atoms with Crippen molar-refractivity contribution in [3.8, 4) is 11.3 Å². The molecular weight excluding hydrogens is 176 g/mol. The number of nitrogen functional groups attached to an aromatic ring is 1. The third-order valence-corrected chi connectivity index (χ3v) is 2.14. The van der Waals surface area contributed by atoms with Crippen LogP contribution in [-0.4, -0.2) is 14.9 Å². The lowest BCUT2D eigenvalue weighted by Crippen LogP contribution is -2.07. The monoisotopic (exact) mass is 188 g/mol. The van der Waals surface area contributed by atoms with E-state index in [9.17, 15) is 0 Å². The Morgan fingerprint density at radius 2 is 2.07 bits per heavy atom. The highest BCUT2D eigenvalue weighted by molar-refractivity contribution is 5.61. The Kier molecular flexibility index (Phi) is 2.18. The molecule has 2 aromatic rings. The minimum Gasteiger partial charge on any atom is -0.323 e. The van der Waals surface area contributed by atoms with Gasteiger partial charge in [0.05, 0.1) is 11.9 Å². The van der Waals surface area contributed by atoms with Crippen molar-refractivity contribution < 1.29 is 0 Å². The zero-order valence-electron chi connectivity index (χ0n) is 8.01. The molecule has 2 aromatic heterocycles. The highest BCUT2D eigenvalue weighted by atomic mass is 15.5. The minimum absolute atomic E-state index is 0.925. The molecule has 0 aliphatic carbocycles. The Morgan fingerprint density at radius 1 is 1.36 bits per heavy atom. The Balaban J connectivity index is 2.51. The fourth-order valence-corrected chi connectivity index (χ4v) is 1.44. The molecule has 0 spiro atoms. The summed E-state index contributed by atoms with van der Waals surface area (Å²) in [6.07, 6.45) is 6.28. The fraction of sp³-hybridized carbons (Fsp3) is 0.200. The highest BCUT2D eigenvalue weighted by Gasteiger charge is 2.07. The Bertz CT molecular complexity index is 419. The van der Waals surface area contributed by atoms with Crippen LogP contribution in [0.3, 0.4) is 0 Å². The third-order valence-electron chi connectivity index (χ3n) is 2.14. The number of hydrogen-bond donors (Lipinski definition) is 1. The van der Waals surface area contributed by atoms with E-state index in [-0.39, 0.29) is 0 Å². The van der Waals surface area contributed by atoms with Crippen LogP contribution in [0.5, 0.6) is 0 Å². The maximum Gasteiger partial charge on any atom is 0.0977 e. The van der Waals surface area contributed by atoms with Gasteiger partial charge in [0.2, 0.25) is 0 Å². The first-order valence-electron chi connectivity index (χ1n) is 4.55. The largest absolute Gasteiger partial charge is 0.323 e. The van der Waals surface area contributed by atoms with Crippen LogP contribution in [0.4, 0.5) is 0 Å². The van der Waals surface area contributed by atoms with Crippen LogP contribution in [0.15, 0.2) is 30.7 Å². The molecule has 0 bridgehead atoms. The third kappa shape index (κ3) is 1.46. The Labute approximate surface area is 82.4 Å². The number of aryl methyl sites for hydroxylation is 1. The van der Waals surface area contributed by atoms with Crippen molar-refractivity contribution in [1.82, 2.24) is 14.9 Å². The topological polar surface area (TPSA) is 56.7 Å². The molecule has 0 aliphatic rings. The summed E-state index contributed by atoms with van der Waals surface area (Å²) in [7, 11) is 0. The molecule has 2 N–H and O–H groups in total. The van der Waals surface area contributed by atoms with Crippen molar-refractivity contribution in [1.29, 1.82) is 0 Å². The molecule has 0 saturated heterocycles. The van der Waals surface area contributed by atoms with Gasteiger partial charge in [0.1, 0.15) is 0 Å². The predicted octanol–water partition coefficient (Wildman–Crippen LogP) is 1.22.